The minimum Gasteiger partial charge on any atom is -0.496 e. The van der Waals surface area contributed by atoms with Crippen LogP contribution in [0.25, 0.3) is 0 Å². The van der Waals surface area contributed by atoms with Crippen LogP contribution in [0.4, 0.5) is 5.13 Å². The van der Waals surface area contributed by atoms with Gasteiger partial charge in [0, 0.05) is 11.3 Å². The highest BCUT2D eigenvalue weighted by Gasteiger charge is 2.09. The molecule has 0 radical (unpaired) electrons. The van der Waals surface area contributed by atoms with Gasteiger partial charge in [0.2, 0.25) is 5.91 Å². The monoisotopic (exact) mass is 290 g/mol. The largest absolute Gasteiger partial charge is 0.496 e. The van der Waals surface area contributed by atoms with Gasteiger partial charge in [0.15, 0.2) is 5.13 Å². The minimum absolute atomic E-state index is 0.0235. The molecular formula is C15H18N2O2S. The summed E-state index contributed by atoms with van der Waals surface area (Å²) in [5, 5.41) is 3.51. The Balaban J connectivity index is 1.92. The molecule has 1 aromatic carbocycles. The van der Waals surface area contributed by atoms with E-state index in [0.29, 0.717) is 18.0 Å². The number of nitrogens with zero attached hydrogens (tertiary/aromatic N) is 1. The van der Waals surface area contributed by atoms with Crippen molar-refractivity contribution >= 4 is 22.4 Å². The predicted molar refractivity (Wildman–Crippen MR) is 81.5 cm³/mol. The van der Waals surface area contributed by atoms with Crippen LogP contribution in [-0.2, 0) is 11.2 Å². The van der Waals surface area contributed by atoms with Crippen LogP contribution in [0.5, 0.6) is 5.75 Å². The lowest BCUT2D eigenvalue weighted by Crippen LogP contribution is -2.12. The Hall–Kier alpha value is -1.88. The number of para-hydroxylation sites is 1. The van der Waals surface area contributed by atoms with Crippen LogP contribution in [0.1, 0.15) is 22.6 Å². The van der Waals surface area contributed by atoms with E-state index in [-0.39, 0.29) is 5.91 Å². The Morgan fingerprint density at radius 1 is 1.35 bits per heavy atom. The minimum atomic E-state index is -0.0235. The van der Waals surface area contributed by atoms with Crippen molar-refractivity contribution in [1.29, 1.82) is 0 Å². The topological polar surface area (TPSA) is 51.2 Å². The van der Waals surface area contributed by atoms with Gasteiger partial charge in [-0.15, -0.1) is 11.3 Å². The SMILES string of the molecule is COc1ccccc1CCC(=O)Nc1nc(C)c(C)s1. The molecule has 0 spiro atoms. The maximum absolute atomic E-state index is 11.9. The van der Waals surface area contributed by atoms with Crippen molar-refractivity contribution in [2.45, 2.75) is 26.7 Å². The van der Waals surface area contributed by atoms with E-state index in [1.165, 1.54) is 11.3 Å². The Labute approximate surface area is 122 Å². The zero-order valence-corrected chi connectivity index (χ0v) is 12.7. The van der Waals surface area contributed by atoms with Crippen LogP contribution < -0.4 is 10.1 Å². The number of carbonyl (C=O) groups excluding carboxylic acids is 1. The molecule has 0 bridgehead atoms. The number of rotatable bonds is 5. The van der Waals surface area contributed by atoms with E-state index < -0.39 is 0 Å². The number of anilines is 1. The zero-order valence-electron chi connectivity index (χ0n) is 11.9. The van der Waals surface area contributed by atoms with Crippen molar-refractivity contribution in [3.05, 3.63) is 40.4 Å². The number of benzene rings is 1. The molecule has 1 N–H and O–H groups in total. The van der Waals surface area contributed by atoms with Gasteiger partial charge in [-0.1, -0.05) is 18.2 Å². The molecule has 1 aromatic heterocycles. The fourth-order valence-corrected chi connectivity index (χ4v) is 2.70. The van der Waals surface area contributed by atoms with E-state index in [1.54, 1.807) is 7.11 Å². The van der Waals surface area contributed by atoms with Gasteiger partial charge in [-0.2, -0.15) is 0 Å². The number of aryl methyl sites for hydroxylation is 3. The van der Waals surface area contributed by atoms with Gasteiger partial charge < -0.3 is 10.1 Å². The Bertz CT molecular complexity index is 588. The van der Waals surface area contributed by atoms with Crippen LogP contribution in [0.15, 0.2) is 24.3 Å². The molecule has 0 fully saturated rings. The van der Waals surface area contributed by atoms with Gasteiger partial charge in [0.1, 0.15) is 5.75 Å². The average Bonchev–Trinajstić information content (AvgIpc) is 2.75. The number of amides is 1. The summed E-state index contributed by atoms with van der Waals surface area (Å²) in [5.74, 6) is 0.797. The second-order valence-electron chi connectivity index (χ2n) is 4.52. The molecule has 0 aliphatic rings. The van der Waals surface area contributed by atoms with Gasteiger partial charge in [0.05, 0.1) is 12.8 Å². The predicted octanol–water partition coefficient (Wildman–Crippen LogP) is 3.34. The second-order valence-corrected chi connectivity index (χ2v) is 5.72. The molecule has 2 aromatic rings. The highest BCUT2D eigenvalue weighted by Crippen LogP contribution is 2.22. The first-order chi connectivity index (χ1) is 9.60. The van der Waals surface area contributed by atoms with E-state index in [1.807, 2.05) is 38.1 Å². The zero-order chi connectivity index (χ0) is 14.5. The van der Waals surface area contributed by atoms with Crippen LogP contribution in [0, 0.1) is 13.8 Å². The molecule has 106 valence electrons. The first-order valence-electron chi connectivity index (χ1n) is 6.46. The third-order valence-electron chi connectivity index (χ3n) is 3.09. The third-order valence-corrected chi connectivity index (χ3v) is 4.08. The van der Waals surface area contributed by atoms with Gasteiger partial charge >= 0.3 is 0 Å². The molecule has 0 unspecified atom stereocenters. The van der Waals surface area contributed by atoms with Crippen molar-refractivity contribution in [1.82, 2.24) is 4.98 Å². The number of hydrogen-bond acceptors (Lipinski definition) is 4. The highest BCUT2D eigenvalue weighted by atomic mass is 32.1. The summed E-state index contributed by atoms with van der Waals surface area (Å²) in [4.78, 5) is 17.4. The fraction of sp³-hybridized carbons (Fsp3) is 0.333. The second kappa shape index (κ2) is 6.52. The molecule has 1 amide bonds. The van der Waals surface area contributed by atoms with Crippen molar-refractivity contribution in [3.63, 3.8) is 0 Å². The number of nitrogens with one attached hydrogen (secondary N) is 1. The van der Waals surface area contributed by atoms with Crippen molar-refractivity contribution in [3.8, 4) is 5.75 Å². The van der Waals surface area contributed by atoms with Gasteiger partial charge in [-0.05, 0) is 31.9 Å². The van der Waals surface area contributed by atoms with Gasteiger partial charge in [0.25, 0.3) is 0 Å². The molecular weight excluding hydrogens is 272 g/mol. The maximum Gasteiger partial charge on any atom is 0.226 e. The first-order valence-corrected chi connectivity index (χ1v) is 7.27. The van der Waals surface area contributed by atoms with E-state index in [9.17, 15) is 4.79 Å². The summed E-state index contributed by atoms with van der Waals surface area (Å²) in [6.07, 6.45) is 1.07. The summed E-state index contributed by atoms with van der Waals surface area (Å²) < 4.78 is 5.27. The average molecular weight is 290 g/mol. The smallest absolute Gasteiger partial charge is 0.226 e. The third kappa shape index (κ3) is 3.57. The lowest BCUT2D eigenvalue weighted by Gasteiger charge is -2.07. The maximum atomic E-state index is 11.9. The number of ether oxygens (including phenoxy) is 1. The number of aromatic nitrogens is 1. The number of hydrogen-bond donors (Lipinski definition) is 1. The number of methoxy groups -OCH3 is 1. The Kier molecular flexibility index (Phi) is 4.74. The summed E-state index contributed by atoms with van der Waals surface area (Å²) >= 11 is 1.50. The molecule has 0 saturated carbocycles. The van der Waals surface area contributed by atoms with Crippen molar-refractivity contribution in [2.75, 3.05) is 12.4 Å². The van der Waals surface area contributed by atoms with E-state index in [4.69, 9.17) is 4.74 Å². The van der Waals surface area contributed by atoms with E-state index in [2.05, 4.69) is 10.3 Å². The van der Waals surface area contributed by atoms with Crippen molar-refractivity contribution < 1.29 is 9.53 Å². The quantitative estimate of drug-likeness (QED) is 0.919. The molecule has 1 heterocycles. The number of carbonyl (C=O) groups is 1. The molecule has 2 rings (SSSR count). The van der Waals surface area contributed by atoms with Crippen LogP contribution in [0.3, 0.4) is 0 Å². The molecule has 0 aliphatic heterocycles. The summed E-state index contributed by atoms with van der Waals surface area (Å²) in [5.41, 5.74) is 2.01. The van der Waals surface area contributed by atoms with Crippen LogP contribution >= 0.6 is 11.3 Å². The molecule has 0 saturated heterocycles. The Morgan fingerprint density at radius 2 is 2.10 bits per heavy atom. The number of thiazole rings is 1. The first kappa shape index (κ1) is 14.5. The normalized spacial score (nSPS) is 10.3. The van der Waals surface area contributed by atoms with Gasteiger partial charge in [-0.3, -0.25) is 4.79 Å². The van der Waals surface area contributed by atoms with E-state index in [0.717, 1.165) is 21.9 Å². The molecule has 20 heavy (non-hydrogen) atoms. The molecule has 4 nitrogen and oxygen atoms in total. The fourth-order valence-electron chi connectivity index (χ4n) is 1.87. The standard InChI is InChI=1S/C15H18N2O2S/c1-10-11(2)20-15(16-10)17-14(18)9-8-12-6-4-5-7-13(12)19-3/h4-7H,8-9H2,1-3H3,(H,16,17,18). The summed E-state index contributed by atoms with van der Waals surface area (Å²) in [6, 6.07) is 7.75. The summed E-state index contributed by atoms with van der Waals surface area (Å²) in [7, 11) is 1.64. The molecule has 0 atom stereocenters. The van der Waals surface area contributed by atoms with Crippen LogP contribution in [-0.4, -0.2) is 18.0 Å². The van der Waals surface area contributed by atoms with E-state index >= 15 is 0 Å². The van der Waals surface area contributed by atoms with Crippen LogP contribution in [0.2, 0.25) is 0 Å². The van der Waals surface area contributed by atoms with Gasteiger partial charge in [-0.25, -0.2) is 4.98 Å². The lowest BCUT2D eigenvalue weighted by atomic mass is 10.1. The molecule has 5 heteroatoms. The summed E-state index contributed by atoms with van der Waals surface area (Å²) in [6.45, 7) is 3.94. The highest BCUT2D eigenvalue weighted by molar-refractivity contribution is 7.15. The Morgan fingerprint density at radius 3 is 2.75 bits per heavy atom. The van der Waals surface area contributed by atoms with Crippen molar-refractivity contribution in [2.24, 2.45) is 0 Å². The lowest BCUT2D eigenvalue weighted by molar-refractivity contribution is -0.116. The molecule has 0 aliphatic carbocycles.